The fourth-order valence-electron chi connectivity index (χ4n) is 3.70. The molecule has 0 unspecified atom stereocenters. The van der Waals surface area contributed by atoms with Gasteiger partial charge in [-0.25, -0.2) is 9.97 Å². The molecule has 5 nitrogen and oxygen atoms in total. The summed E-state index contributed by atoms with van der Waals surface area (Å²) < 4.78 is 7.37. The zero-order valence-electron chi connectivity index (χ0n) is 19.1. The van der Waals surface area contributed by atoms with Crippen molar-refractivity contribution >= 4 is 22.9 Å². The van der Waals surface area contributed by atoms with Gasteiger partial charge in [-0.1, -0.05) is 42.2 Å². The Balaban J connectivity index is 1.42. The first-order valence-electron chi connectivity index (χ1n) is 11.1. The minimum atomic E-state index is 0.684. The summed E-state index contributed by atoms with van der Waals surface area (Å²) in [6.45, 7) is 2.74. The fourth-order valence-corrected chi connectivity index (χ4v) is 4.53. The Bertz CT molecular complexity index is 1490. The van der Waals surface area contributed by atoms with Crippen molar-refractivity contribution in [2.75, 3.05) is 19.0 Å². The lowest BCUT2D eigenvalue weighted by molar-refractivity contribution is 0.414. The Labute approximate surface area is 203 Å². The van der Waals surface area contributed by atoms with Crippen molar-refractivity contribution in [3.63, 3.8) is 0 Å². The number of thiophene rings is 1. The molecule has 5 rings (SSSR count). The number of nitrogens with zero attached hydrogens (tertiary/aromatic N) is 3. The molecule has 0 bridgehead atoms. The van der Waals surface area contributed by atoms with Gasteiger partial charge in [0.15, 0.2) is 0 Å². The van der Waals surface area contributed by atoms with E-state index < -0.39 is 0 Å². The van der Waals surface area contributed by atoms with Crippen LogP contribution in [-0.2, 0) is 6.42 Å². The first kappa shape index (κ1) is 21.7. The van der Waals surface area contributed by atoms with Crippen LogP contribution in [0.4, 0.5) is 5.82 Å². The molecule has 1 N–H and O–H groups in total. The summed E-state index contributed by atoms with van der Waals surface area (Å²) in [6.07, 6.45) is 2.88. The smallest absolute Gasteiger partial charge is 0.236 e. The number of ether oxygens (including phenoxy) is 1. The summed E-state index contributed by atoms with van der Waals surface area (Å²) >= 11 is 1.64. The van der Waals surface area contributed by atoms with E-state index in [0.717, 1.165) is 51.9 Å². The highest BCUT2D eigenvalue weighted by atomic mass is 32.1. The topological polar surface area (TPSA) is 51.5 Å². The second-order valence-electron chi connectivity index (χ2n) is 7.89. The van der Waals surface area contributed by atoms with Gasteiger partial charge < -0.3 is 10.1 Å². The van der Waals surface area contributed by atoms with Crippen molar-refractivity contribution in [2.24, 2.45) is 0 Å². The molecule has 0 aliphatic rings. The minimum absolute atomic E-state index is 0.684. The molecule has 5 aromatic rings. The van der Waals surface area contributed by atoms with Gasteiger partial charge in [-0.15, -0.1) is 11.3 Å². The maximum atomic E-state index is 5.35. The molecule has 168 valence electrons. The van der Waals surface area contributed by atoms with Gasteiger partial charge in [0.25, 0.3) is 0 Å². The van der Waals surface area contributed by atoms with Gasteiger partial charge in [0.1, 0.15) is 17.3 Å². The molecule has 0 atom stereocenters. The van der Waals surface area contributed by atoms with Crippen LogP contribution in [0, 0.1) is 18.8 Å². The van der Waals surface area contributed by atoms with Crippen molar-refractivity contribution in [1.29, 1.82) is 0 Å². The second-order valence-corrected chi connectivity index (χ2v) is 8.80. The number of benzene rings is 2. The normalized spacial score (nSPS) is 10.6. The van der Waals surface area contributed by atoms with E-state index in [1.54, 1.807) is 18.4 Å². The van der Waals surface area contributed by atoms with Crippen molar-refractivity contribution < 1.29 is 4.74 Å². The number of hydrogen-bond acceptors (Lipinski definition) is 5. The van der Waals surface area contributed by atoms with Gasteiger partial charge in [0.2, 0.25) is 5.78 Å². The molecule has 2 aromatic carbocycles. The van der Waals surface area contributed by atoms with Crippen LogP contribution in [0.2, 0.25) is 0 Å². The molecule has 0 saturated heterocycles. The predicted molar refractivity (Wildman–Crippen MR) is 139 cm³/mol. The third kappa shape index (κ3) is 4.80. The Kier molecular flexibility index (Phi) is 6.28. The lowest BCUT2D eigenvalue weighted by atomic mass is 10.1. The largest absolute Gasteiger partial charge is 0.497 e. The maximum Gasteiger partial charge on any atom is 0.236 e. The van der Waals surface area contributed by atoms with E-state index in [-0.39, 0.29) is 0 Å². The number of fused-ring (bicyclic) bond motifs is 1. The lowest BCUT2D eigenvalue weighted by Gasteiger charge is -2.09. The van der Waals surface area contributed by atoms with Crippen molar-refractivity contribution in [2.45, 2.75) is 13.3 Å². The first-order chi connectivity index (χ1) is 16.7. The Morgan fingerprint density at radius 2 is 1.82 bits per heavy atom. The molecule has 3 heterocycles. The monoisotopic (exact) mass is 464 g/mol. The van der Waals surface area contributed by atoms with Crippen LogP contribution in [0.1, 0.15) is 22.4 Å². The summed E-state index contributed by atoms with van der Waals surface area (Å²) in [6, 6.07) is 22.3. The number of anilines is 1. The summed E-state index contributed by atoms with van der Waals surface area (Å²) in [5.41, 5.74) is 5.02. The SMILES string of the molecule is COc1cccc(CCNc2c(-c3cc(C#Cc4ccccc4)cs3)nc3nc(C)ccn23)c1. The van der Waals surface area contributed by atoms with E-state index in [9.17, 15) is 0 Å². The first-order valence-corrected chi connectivity index (χ1v) is 12.0. The molecule has 0 spiro atoms. The summed E-state index contributed by atoms with van der Waals surface area (Å²) in [5.74, 6) is 8.99. The summed E-state index contributed by atoms with van der Waals surface area (Å²) in [7, 11) is 1.69. The second kappa shape index (κ2) is 9.82. The van der Waals surface area contributed by atoms with Gasteiger partial charge in [0, 0.05) is 34.9 Å². The van der Waals surface area contributed by atoms with Crippen LogP contribution in [0.25, 0.3) is 16.3 Å². The fraction of sp³-hybridized carbons (Fsp3) is 0.143. The lowest BCUT2D eigenvalue weighted by Crippen LogP contribution is -2.08. The Hall–Kier alpha value is -4.08. The average molecular weight is 465 g/mol. The van der Waals surface area contributed by atoms with Crippen molar-refractivity contribution in [3.05, 3.63) is 101 Å². The van der Waals surface area contributed by atoms with Crippen LogP contribution in [0.15, 0.2) is 78.3 Å². The molecule has 0 fully saturated rings. The van der Waals surface area contributed by atoms with E-state index in [2.05, 4.69) is 45.7 Å². The van der Waals surface area contributed by atoms with E-state index in [4.69, 9.17) is 9.72 Å². The predicted octanol–water partition coefficient (Wildman–Crippen LogP) is 5.83. The maximum absolute atomic E-state index is 5.35. The number of hydrogen-bond donors (Lipinski definition) is 1. The van der Waals surface area contributed by atoms with Crippen molar-refractivity contribution in [3.8, 4) is 28.2 Å². The number of aryl methyl sites for hydroxylation is 1. The van der Waals surface area contributed by atoms with Crippen LogP contribution in [0.5, 0.6) is 5.75 Å². The Morgan fingerprint density at radius 3 is 2.68 bits per heavy atom. The number of imidazole rings is 1. The molecule has 34 heavy (non-hydrogen) atoms. The van der Waals surface area contributed by atoms with Crippen molar-refractivity contribution in [1.82, 2.24) is 14.4 Å². The molecule has 6 heteroatoms. The standard InChI is InChI=1S/C28H24N4OS/c1-20-14-16-32-27(29-15-13-22-9-6-10-24(17-22)33-2)26(31-28(32)30-20)25-18-23(19-34-25)12-11-21-7-4-3-5-8-21/h3-10,14,16-19,29H,13,15H2,1-2H3. The third-order valence-electron chi connectivity index (χ3n) is 5.43. The highest BCUT2D eigenvalue weighted by Crippen LogP contribution is 2.33. The van der Waals surface area contributed by atoms with Crippen LogP contribution < -0.4 is 10.1 Å². The van der Waals surface area contributed by atoms with E-state index in [1.807, 2.05) is 66.1 Å². The quantitative estimate of drug-likeness (QED) is 0.321. The molecule has 0 aliphatic heterocycles. The molecule has 0 saturated carbocycles. The molecule has 0 aliphatic carbocycles. The zero-order valence-corrected chi connectivity index (χ0v) is 19.9. The van der Waals surface area contributed by atoms with E-state index >= 15 is 0 Å². The Morgan fingerprint density at radius 1 is 0.971 bits per heavy atom. The minimum Gasteiger partial charge on any atom is -0.497 e. The zero-order chi connectivity index (χ0) is 23.3. The molecular weight excluding hydrogens is 440 g/mol. The van der Waals surface area contributed by atoms with Crippen LogP contribution in [-0.4, -0.2) is 28.0 Å². The van der Waals surface area contributed by atoms with E-state index in [1.165, 1.54) is 5.56 Å². The molecule has 0 radical (unpaired) electrons. The molecule has 0 amide bonds. The number of methoxy groups -OCH3 is 1. The third-order valence-corrected chi connectivity index (χ3v) is 6.37. The van der Waals surface area contributed by atoms with Gasteiger partial charge in [-0.3, -0.25) is 4.40 Å². The van der Waals surface area contributed by atoms with Crippen LogP contribution >= 0.6 is 11.3 Å². The summed E-state index contributed by atoms with van der Waals surface area (Å²) in [5, 5.41) is 5.67. The van der Waals surface area contributed by atoms with E-state index in [0.29, 0.717) is 5.78 Å². The van der Waals surface area contributed by atoms with Gasteiger partial charge in [0.05, 0.1) is 12.0 Å². The van der Waals surface area contributed by atoms with Gasteiger partial charge >= 0.3 is 0 Å². The highest BCUT2D eigenvalue weighted by molar-refractivity contribution is 7.13. The van der Waals surface area contributed by atoms with Gasteiger partial charge in [-0.2, -0.15) is 0 Å². The number of rotatable bonds is 6. The summed E-state index contributed by atoms with van der Waals surface area (Å²) in [4.78, 5) is 10.5. The number of nitrogens with one attached hydrogen (secondary N) is 1. The molecule has 3 aromatic heterocycles. The van der Waals surface area contributed by atoms with Gasteiger partial charge in [-0.05, 0) is 55.3 Å². The molecular formula is C28H24N4OS. The average Bonchev–Trinajstić information content (AvgIpc) is 3.48. The van der Waals surface area contributed by atoms with Crippen LogP contribution in [0.3, 0.4) is 0 Å². The number of aromatic nitrogens is 3. The highest BCUT2D eigenvalue weighted by Gasteiger charge is 2.16.